The second-order valence-corrected chi connectivity index (χ2v) is 8.01. The van der Waals surface area contributed by atoms with Crippen LogP contribution in [0.2, 0.25) is 0 Å². The van der Waals surface area contributed by atoms with Crippen LogP contribution in [0.4, 0.5) is 5.13 Å². The van der Waals surface area contributed by atoms with E-state index < -0.39 is 0 Å². The summed E-state index contributed by atoms with van der Waals surface area (Å²) in [6.45, 7) is 2.90. The number of para-hydroxylation sites is 1. The van der Waals surface area contributed by atoms with Gasteiger partial charge in [0.25, 0.3) is 0 Å². The van der Waals surface area contributed by atoms with Crippen LogP contribution >= 0.6 is 11.3 Å². The number of fused-ring (bicyclic) bond motifs is 1. The number of anilines is 1. The maximum Gasteiger partial charge on any atom is 0.186 e. The summed E-state index contributed by atoms with van der Waals surface area (Å²) in [5.41, 5.74) is 2.32. The minimum Gasteiger partial charge on any atom is -0.348 e. The molecular weight excluding hydrogens is 354 g/mol. The molecular formula is C21H21N5S. The SMILES string of the molecule is c1cncc(Cn2ccnc2C2CCN(c3nc4ccccc4s3)CC2)c1. The van der Waals surface area contributed by atoms with Crippen LogP contribution in [0.1, 0.15) is 30.1 Å². The number of thiazole rings is 1. The van der Waals surface area contributed by atoms with Crippen LogP contribution in [0.15, 0.2) is 61.2 Å². The van der Waals surface area contributed by atoms with E-state index in [1.165, 1.54) is 16.1 Å². The van der Waals surface area contributed by atoms with Gasteiger partial charge in [0.05, 0.1) is 16.8 Å². The number of aromatic nitrogens is 4. The zero-order chi connectivity index (χ0) is 18.1. The molecule has 1 saturated heterocycles. The van der Waals surface area contributed by atoms with Gasteiger partial charge in [-0.1, -0.05) is 29.5 Å². The first-order valence-corrected chi connectivity index (χ1v) is 10.2. The third kappa shape index (κ3) is 3.32. The van der Waals surface area contributed by atoms with Gasteiger partial charge in [-0.25, -0.2) is 9.97 Å². The van der Waals surface area contributed by atoms with E-state index in [0.717, 1.165) is 43.1 Å². The average molecular weight is 376 g/mol. The van der Waals surface area contributed by atoms with Crippen LogP contribution in [0.5, 0.6) is 0 Å². The highest BCUT2D eigenvalue weighted by Gasteiger charge is 2.25. The molecule has 0 spiro atoms. The van der Waals surface area contributed by atoms with Crippen molar-refractivity contribution in [1.29, 1.82) is 0 Å². The Morgan fingerprint density at radius 3 is 2.74 bits per heavy atom. The number of nitrogens with zero attached hydrogens (tertiary/aromatic N) is 5. The Kier molecular flexibility index (Phi) is 4.33. The zero-order valence-electron chi connectivity index (χ0n) is 15.0. The molecule has 136 valence electrons. The third-order valence-corrected chi connectivity index (χ3v) is 6.33. The smallest absolute Gasteiger partial charge is 0.186 e. The largest absolute Gasteiger partial charge is 0.348 e. The van der Waals surface area contributed by atoms with Crippen LogP contribution in [0.3, 0.4) is 0 Å². The standard InChI is InChI=1S/C21H21N5S/c1-2-6-19-18(5-1)24-21(27-19)25-11-7-17(8-12-25)20-23-10-13-26(20)15-16-4-3-9-22-14-16/h1-6,9-10,13-14,17H,7-8,11-12,15H2. The third-order valence-electron chi connectivity index (χ3n) is 5.24. The minimum absolute atomic E-state index is 0.502. The quantitative estimate of drug-likeness (QED) is 0.533. The van der Waals surface area contributed by atoms with Crippen molar-refractivity contribution in [3.05, 3.63) is 72.6 Å². The Hall–Kier alpha value is -2.73. The van der Waals surface area contributed by atoms with Gasteiger partial charge in [-0.2, -0.15) is 0 Å². The van der Waals surface area contributed by atoms with Gasteiger partial charge in [0, 0.05) is 43.8 Å². The number of benzene rings is 1. The molecule has 5 rings (SSSR count). The van der Waals surface area contributed by atoms with Crippen molar-refractivity contribution in [3.63, 3.8) is 0 Å². The molecule has 0 aliphatic carbocycles. The molecule has 4 heterocycles. The highest BCUT2D eigenvalue weighted by Crippen LogP contribution is 2.34. The van der Waals surface area contributed by atoms with Crippen LogP contribution in [-0.2, 0) is 6.54 Å². The summed E-state index contributed by atoms with van der Waals surface area (Å²) in [7, 11) is 0. The van der Waals surface area contributed by atoms with Crippen molar-refractivity contribution in [2.75, 3.05) is 18.0 Å². The highest BCUT2D eigenvalue weighted by atomic mass is 32.1. The molecule has 0 bridgehead atoms. The van der Waals surface area contributed by atoms with Gasteiger partial charge in [-0.05, 0) is 36.6 Å². The number of piperidine rings is 1. The highest BCUT2D eigenvalue weighted by molar-refractivity contribution is 7.22. The molecule has 0 atom stereocenters. The fourth-order valence-corrected chi connectivity index (χ4v) is 4.84. The lowest BCUT2D eigenvalue weighted by atomic mass is 9.96. The molecule has 5 nitrogen and oxygen atoms in total. The van der Waals surface area contributed by atoms with E-state index in [-0.39, 0.29) is 0 Å². The Morgan fingerprint density at radius 2 is 1.93 bits per heavy atom. The average Bonchev–Trinajstić information content (AvgIpc) is 3.36. The Balaban J connectivity index is 1.29. The molecule has 1 aliphatic heterocycles. The molecule has 4 aromatic rings. The van der Waals surface area contributed by atoms with Gasteiger partial charge < -0.3 is 9.47 Å². The second kappa shape index (κ2) is 7.12. The van der Waals surface area contributed by atoms with Gasteiger partial charge in [0.1, 0.15) is 5.82 Å². The number of hydrogen-bond donors (Lipinski definition) is 0. The van der Waals surface area contributed by atoms with Gasteiger partial charge in [0.2, 0.25) is 0 Å². The van der Waals surface area contributed by atoms with Crippen molar-refractivity contribution in [3.8, 4) is 0 Å². The normalized spacial score (nSPS) is 15.5. The van der Waals surface area contributed by atoms with Gasteiger partial charge in [-0.15, -0.1) is 0 Å². The molecule has 1 fully saturated rings. The first-order valence-electron chi connectivity index (χ1n) is 9.37. The molecule has 0 unspecified atom stereocenters. The Bertz CT molecular complexity index is 998. The van der Waals surface area contributed by atoms with Crippen molar-refractivity contribution >= 4 is 26.7 Å². The fraction of sp³-hybridized carbons (Fsp3) is 0.286. The summed E-state index contributed by atoms with van der Waals surface area (Å²) >= 11 is 1.79. The molecule has 0 amide bonds. The van der Waals surface area contributed by atoms with Crippen LogP contribution in [-0.4, -0.2) is 32.6 Å². The molecule has 27 heavy (non-hydrogen) atoms. The van der Waals surface area contributed by atoms with Gasteiger partial charge in [0.15, 0.2) is 5.13 Å². The summed E-state index contributed by atoms with van der Waals surface area (Å²) in [4.78, 5) is 16.1. The van der Waals surface area contributed by atoms with Gasteiger partial charge in [-0.3, -0.25) is 4.98 Å². The lowest BCUT2D eigenvalue weighted by molar-refractivity contribution is 0.470. The van der Waals surface area contributed by atoms with Crippen LogP contribution in [0, 0.1) is 0 Å². The topological polar surface area (TPSA) is 46.8 Å². The summed E-state index contributed by atoms with van der Waals surface area (Å²) < 4.78 is 3.54. The van der Waals surface area contributed by atoms with Gasteiger partial charge >= 0.3 is 0 Å². The number of imidazole rings is 1. The van der Waals surface area contributed by atoms with E-state index in [0.29, 0.717) is 5.92 Å². The molecule has 6 heteroatoms. The van der Waals surface area contributed by atoms with Crippen LogP contribution in [0.25, 0.3) is 10.2 Å². The summed E-state index contributed by atoms with van der Waals surface area (Å²) in [5.74, 6) is 1.70. The minimum atomic E-state index is 0.502. The number of hydrogen-bond acceptors (Lipinski definition) is 5. The van der Waals surface area contributed by atoms with Crippen LogP contribution < -0.4 is 4.90 Å². The lowest BCUT2D eigenvalue weighted by Gasteiger charge is -2.31. The lowest BCUT2D eigenvalue weighted by Crippen LogP contribution is -2.33. The van der Waals surface area contributed by atoms with E-state index >= 15 is 0 Å². The maximum atomic E-state index is 4.81. The fourth-order valence-electron chi connectivity index (χ4n) is 3.83. The Labute approximate surface area is 162 Å². The zero-order valence-corrected chi connectivity index (χ0v) is 15.8. The van der Waals surface area contributed by atoms with E-state index in [9.17, 15) is 0 Å². The van der Waals surface area contributed by atoms with Crippen molar-refractivity contribution in [2.24, 2.45) is 0 Å². The predicted molar refractivity (Wildman–Crippen MR) is 109 cm³/mol. The summed E-state index contributed by atoms with van der Waals surface area (Å²) in [6, 6.07) is 12.5. The van der Waals surface area contributed by atoms with E-state index in [4.69, 9.17) is 4.98 Å². The second-order valence-electron chi connectivity index (χ2n) is 7.00. The summed E-state index contributed by atoms with van der Waals surface area (Å²) in [5, 5.41) is 1.15. The monoisotopic (exact) mass is 375 g/mol. The number of rotatable bonds is 4. The molecule has 1 aliphatic rings. The van der Waals surface area contributed by atoms with E-state index in [1.54, 1.807) is 11.3 Å². The van der Waals surface area contributed by atoms with Crippen molar-refractivity contribution in [2.45, 2.75) is 25.3 Å². The summed E-state index contributed by atoms with van der Waals surface area (Å²) in [6.07, 6.45) is 9.98. The van der Waals surface area contributed by atoms with Crippen molar-refractivity contribution < 1.29 is 0 Å². The molecule has 1 aromatic carbocycles. The molecule has 0 radical (unpaired) electrons. The first kappa shape index (κ1) is 16.4. The Morgan fingerprint density at radius 1 is 1.04 bits per heavy atom. The predicted octanol–water partition coefficient (Wildman–Crippen LogP) is 4.32. The number of pyridine rings is 1. The molecule has 0 N–H and O–H groups in total. The van der Waals surface area contributed by atoms with E-state index in [2.05, 4.69) is 56.0 Å². The molecule has 0 saturated carbocycles. The molecule has 3 aromatic heterocycles. The van der Waals surface area contributed by atoms with Crippen molar-refractivity contribution in [1.82, 2.24) is 19.5 Å². The first-order chi connectivity index (χ1) is 13.4. The van der Waals surface area contributed by atoms with E-state index in [1.807, 2.05) is 24.7 Å². The maximum absolute atomic E-state index is 4.81.